The molecule has 419 valence electrons. The fourth-order valence-corrected chi connectivity index (χ4v) is 13.1. The van der Waals surface area contributed by atoms with E-state index in [1.54, 1.807) is 19.3 Å². The predicted molar refractivity (Wildman–Crippen MR) is 491 cm³/mol. The first-order valence-corrected chi connectivity index (χ1v) is 33.4. The van der Waals surface area contributed by atoms with Gasteiger partial charge in [-0.2, -0.15) is 0 Å². The fourth-order valence-electron chi connectivity index (χ4n) is 12.9. The molecule has 3 aromatic heterocycles. The molecule has 1 saturated heterocycles. The third kappa shape index (κ3) is 28.4. The van der Waals surface area contributed by atoms with Crippen molar-refractivity contribution in [2.45, 2.75) is 125 Å². The molecule has 4 rings (SSSR count). The first-order valence-electron chi connectivity index (χ1n) is 32.6. The zero-order valence-electron chi connectivity index (χ0n) is 59.0. The molecule has 0 amide bonds. The Morgan fingerprint density at radius 3 is 0.900 bits per heavy atom. The summed E-state index contributed by atoms with van der Waals surface area (Å²) in [5, 5.41) is 46.4. The second kappa shape index (κ2) is 46.6. The number of hydrogen-bond acceptors (Lipinski definition) is 13. The summed E-state index contributed by atoms with van der Waals surface area (Å²) in [6, 6.07) is 0. The van der Waals surface area contributed by atoms with E-state index < -0.39 is 192 Å². The van der Waals surface area contributed by atoms with Crippen LogP contribution >= 0.6 is 15.9 Å². The molecular weight excluding hydrogens is 1240 g/mol. The minimum absolute atomic E-state index is 0. The Morgan fingerprint density at radius 1 is 0.410 bits per heavy atom. The van der Waals surface area contributed by atoms with E-state index in [-0.39, 0.29) is 24.1 Å². The quantitative estimate of drug-likeness (QED) is 0.0362. The summed E-state index contributed by atoms with van der Waals surface area (Å²) in [5.41, 5.74) is 2.41. The van der Waals surface area contributed by atoms with Crippen molar-refractivity contribution in [3.8, 4) is 0 Å². The third-order valence-corrected chi connectivity index (χ3v) is 19.5. The average Bonchev–Trinajstić information content (AvgIpc) is 0.883. The number of hydrogen-bond donors (Lipinski definition) is 5. The zero-order valence-corrected chi connectivity index (χ0v) is 60.5. The molecule has 3 atom stereocenters. The van der Waals surface area contributed by atoms with Crippen LogP contribution in [-0.2, 0) is 9.31 Å². The minimum Gasteiger partial charge on any atom is -0.423 e. The highest BCUT2D eigenvalue weighted by Gasteiger charge is 2.61. The average molecular weight is 1290 g/mol. The molecule has 0 aliphatic carbocycles. The number of halogens is 1. The van der Waals surface area contributed by atoms with Crippen LogP contribution in [-0.4, -0.2) is 456 Å². The lowest BCUT2D eigenvalue weighted by atomic mass is 8.24. The normalized spacial score (nSPS) is 12.9. The van der Waals surface area contributed by atoms with E-state index in [9.17, 15) is 15.3 Å². The number of aliphatic hydroxyl groups excluding tert-OH is 3. The molecular formula is C31H51B55BrN6O7. The van der Waals surface area contributed by atoms with Gasteiger partial charge in [0.05, 0.1) is 21.4 Å². The molecule has 3 unspecified atom stereocenters. The Hall–Kier alpha value is 1.01. The molecule has 3 aromatic rings. The molecule has 13 nitrogen and oxygen atoms in total. The summed E-state index contributed by atoms with van der Waals surface area (Å²) in [5.74, 6) is 1.26. The number of aromatic nitrogens is 6. The highest BCUT2D eigenvalue weighted by Crippen LogP contribution is 2.37. The molecule has 0 aromatic carbocycles. The van der Waals surface area contributed by atoms with E-state index in [4.69, 9.17) is 228 Å². The van der Waals surface area contributed by atoms with Gasteiger partial charge in [0.15, 0.2) is 17.5 Å². The number of aliphatic hydroxyl groups is 3. The van der Waals surface area contributed by atoms with Gasteiger partial charge >= 0.3 is 14.2 Å². The maximum atomic E-state index is 9.79. The molecule has 4 heterocycles. The Balaban J connectivity index is 0.00000165. The summed E-state index contributed by atoms with van der Waals surface area (Å²) in [6.45, 7) is 19.1. The van der Waals surface area contributed by atoms with Gasteiger partial charge in [0.2, 0.25) is 0 Å². The van der Waals surface area contributed by atoms with Crippen LogP contribution in [0.4, 0.5) is 0 Å². The summed E-state index contributed by atoms with van der Waals surface area (Å²) in [7, 11) is 174. The van der Waals surface area contributed by atoms with Crippen LogP contribution in [0.25, 0.3) is 0 Å². The SMILES string of the molecule is C.CCC(O)c1ncc(B(O)O)c(C)n1.CCC(O)c1ncc(B2OC(C)(C)C(C)(C)O2)c(C)n1.CCC(O)c1ncc(Br)c(C)n1.[B][B]B(B([B])[B])B(B(B([B])[B])B([B])[B])B(B(B([B])[B])B([B])[B])B(B(B(B([B])[B])B([B])[B])B(B([B])[B])B([B])[B])B(B(B([B])[B])B([B])[B])B(B([B])[B])B([B])[B]. The van der Waals surface area contributed by atoms with Crippen molar-refractivity contribution in [3.05, 3.63) is 57.6 Å². The van der Waals surface area contributed by atoms with Gasteiger partial charge in [-0.05, 0) is 83.7 Å². The second-order valence-corrected chi connectivity index (χ2v) is 27.4. The predicted octanol–water partition coefficient (Wildman–Crippen LogP) is -17.1. The largest absolute Gasteiger partial charge is 0.498 e. The minimum atomic E-state index is -1.57. The van der Waals surface area contributed by atoms with E-state index in [2.05, 4.69) is 45.8 Å². The van der Waals surface area contributed by atoms with Gasteiger partial charge in [0.25, 0.3) is 0 Å². The lowest BCUT2D eigenvalue weighted by Gasteiger charge is -2.57. The monoisotopic (exact) mass is 1300 g/mol. The van der Waals surface area contributed by atoms with Gasteiger partial charge < -0.3 is 34.7 Å². The summed E-state index contributed by atoms with van der Waals surface area (Å²) in [6.07, 6.45) is -28.1. The van der Waals surface area contributed by atoms with Gasteiger partial charge in [-0.1, -0.05) is 28.2 Å². The summed E-state index contributed by atoms with van der Waals surface area (Å²) >= 11 is 3.29. The van der Waals surface area contributed by atoms with Crippen LogP contribution < -0.4 is 10.9 Å². The standard InChI is InChI=1S/C14H23BN2O3.C8H13BN2O3.C8H11BrN2O.CH4.B53/c1-7-11(18)12-16-8-10(9(2)17-12)15-19-13(3,4)14(5,6)20-15;1-3-7(12)8-10-4-6(9(13)14)5(2)11-8;1-3-7(12)8-10-4-6(9)5(2)11-8;;1-28-42(29(2)3)49(43(30(4)5)31(6)7)52(48(40(24)25)41(26)27)53(50(44(32(8)9)33(10)11)45(34(12)13)35(14)15)51(46(36(16)17)37(18)19)47(38(20)21)39(22)23/h8,11,18H,7H2,1-6H3;4,7,12-14H,3H2,1-2H3;4,7,12H,3H2,1-2H3;1H4;. The van der Waals surface area contributed by atoms with Gasteiger partial charge in [-0.25, -0.2) is 29.9 Å². The Kier molecular flexibility index (Phi) is 47.1. The van der Waals surface area contributed by atoms with Crippen molar-refractivity contribution < 1.29 is 34.7 Å². The van der Waals surface area contributed by atoms with Gasteiger partial charge in [-0.3, -0.25) is 0 Å². The molecule has 1 fully saturated rings. The van der Waals surface area contributed by atoms with Crippen LogP contribution in [0.3, 0.4) is 0 Å². The summed E-state index contributed by atoms with van der Waals surface area (Å²) < 4.78 is 12.9. The van der Waals surface area contributed by atoms with E-state index >= 15 is 0 Å². The lowest BCUT2D eigenvalue weighted by Crippen LogP contribution is -2.95. The molecule has 69 heteroatoms. The molecule has 5 N–H and O–H groups in total. The van der Waals surface area contributed by atoms with E-state index in [0.29, 0.717) is 42.4 Å². The molecule has 1 aliphatic rings. The second-order valence-electron chi connectivity index (χ2n) is 26.6. The molecule has 0 spiro atoms. The van der Waals surface area contributed by atoms with Crippen molar-refractivity contribution >= 4 is 417 Å². The zero-order chi connectivity index (χ0) is 77.1. The highest BCUT2D eigenvalue weighted by molar-refractivity contribution is 9.10. The van der Waals surface area contributed by atoms with Crippen LogP contribution in [0, 0.1) is 20.8 Å². The van der Waals surface area contributed by atoms with Crippen molar-refractivity contribution in [2.75, 3.05) is 0 Å². The fraction of sp³-hybridized carbons (Fsp3) is 0.613. The van der Waals surface area contributed by atoms with E-state index in [1.165, 1.54) is 13.3 Å². The van der Waals surface area contributed by atoms with Crippen molar-refractivity contribution in [3.63, 3.8) is 0 Å². The third-order valence-electron chi connectivity index (χ3n) is 18.7. The molecule has 1 aliphatic heterocycles. The van der Waals surface area contributed by atoms with Crippen molar-refractivity contribution in [2.24, 2.45) is 0 Å². The van der Waals surface area contributed by atoms with Crippen LogP contribution in [0.15, 0.2) is 23.1 Å². The smallest absolute Gasteiger partial charge is 0.423 e. The highest BCUT2D eigenvalue weighted by atomic mass is 79.9. The number of rotatable bonds is 33. The number of nitrogens with zero attached hydrogens (tertiary/aromatic N) is 6. The molecule has 0 saturated carbocycles. The van der Waals surface area contributed by atoms with Crippen molar-refractivity contribution in [1.82, 2.24) is 29.9 Å². The van der Waals surface area contributed by atoms with Crippen LogP contribution in [0.2, 0.25) is 0 Å². The van der Waals surface area contributed by atoms with Gasteiger partial charge in [0, 0.05) is 416 Å². The first kappa shape index (κ1) is 101. The Bertz CT molecular complexity index is 2660. The van der Waals surface area contributed by atoms with Gasteiger partial charge in [-0.15, -0.1) is 0 Å². The maximum Gasteiger partial charge on any atom is 0.498 e. The van der Waals surface area contributed by atoms with Crippen molar-refractivity contribution in [1.29, 1.82) is 0 Å². The van der Waals surface area contributed by atoms with E-state index in [0.717, 1.165) is 21.3 Å². The molecule has 55 radical (unpaired) electrons. The Labute approximate surface area is 658 Å². The molecule has 0 bridgehead atoms. The van der Waals surface area contributed by atoms with Crippen LogP contribution in [0.5, 0.6) is 0 Å². The van der Waals surface area contributed by atoms with Crippen LogP contribution in [0.1, 0.15) is 128 Å². The first-order chi connectivity index (χ1) is 45.5. The topological polar surface area (TPSA) is 197 Å². The number of aryl methyl sites for hydroxylation is 3. The molecule has 100 heavy (non-hydrogen) atoms. The van der Waals surface area contributed by atoms with E-state index in [1.807, 2.05) is 62.3 Å². The van der Waals surface area contributed by atoms with Gasteiger partial charge in [0.1, 0.15) is 18.3 Å². The Morgan fingerprint density at radius 2 is 0.660 bits per heavy atom. The lowest BCUT2D eigenvalue weighted by molar-refractivity contribution is 0.00578. The summed E-state index contributed by atoms with van der Waals surface area (Å²) in [4.78, 5) is 24.6. The maximum absolute atomic E-state index is 9.79.